The van der Waals surface area contributed by atoms with Gasteiger partial charge in [0.2, 0.25) is 0 Å². The third kappa shape index (κ3) is 7.11. The van der Waals surface area contributed by atoms with E-state index in [1.54, 1.807) is 0 Å². The van der Waals surface area contributed by atoms with Gasteiger partial charge in [-0.2, -0.15) is 0 Å². The summed E-state index contributed by atoms with van der Waals surface area (Å²) in [7, 11) is 0. The standard InChI is InChI=1S/C17H32N2O2/c1-13(2)18-11-16-7-8-17(21-16)12-20-10-9-19(14(3)4)15(5)6/h7-8,13-15,18H,9-12H2,1-6H3. The van der Waals surface area contributed by atoms with E-state index in [9.17, 15) is 0 Å². The third-order valence-electron chi connectivity index (χ3n) is 3.47. The van der Waals surface area contributed by atoms with Gasteiger partial charge in [-0.1, -0.05) is 13.8 Å². The highest BCUT2D eigenvalue weighted by Crippen LogP contribution is 2.10. The highest BCUT2D eigenvalue weighted by atomic mass is 16.5. The molecule has 4 nitrogen and oxygen atoms in total. The van der Waals surface area contributed by atoms with Crippen LogP contribution in [-0.2, 0) is 17.9 Å². The van der Waals surface area contributed by atoms with Crippen molar-refractivity contribution in [2.24, 2.45) is 0 Å². The molecule has 1 rings (SSSR count). The molecule has 0 aliphatic rings. The van der Waals surface area contributed by atoms with Gasteiger partial charge in [-0.05, 0) is 39.8 Å². The number of hydrogen-bond acceptors (Lipinski definition) is 4. The summed E-state index contributed by atoms with van der Waals surface area (Å²) in [6.45, 7) is 16.2. The average molecular weight is 296 g/mol. The van der Waals surface area contributed by atoms with E-state index < -0.39 is 0 Å². The molecule has 0 amide bonds. The molecule has 1 N–H and O–H groups in total. The van der Waals surface area contributed by atoms with E-state index in [0.717, 1.165) is 31.2 Å². The van der Waals surface area contributed by atoms with Crippen molar-refractivity contribution in [3.05, 3.63) is 23.7 Å². The first kappa shape index (κ1) is 18.2. The van der Waals surface area contributed by atoms with Crippen molar-refractivity contribution in [3.8, 4) is 0 Å². The van der Waals surface area contributed by atoms with Crippen LogP contribution in [0, 0.1) is 0 Å². The van der Waals surface area contributed by atoms with Crippen molar-refractivity contribution < 1.29 is 9.15 Å². The summed E-state index contributed by atoms with van der Waals surface area (Å²) in [6.07, 6.45) is 0. The molecule has 0 aliphatic heterocycles. The van der Waals surface area contributed by atoms with Crippen molar-refractivity contribution in [2.45, 2.75) is 72.8 Å². The molecule has 0 bridgehead atoms. The van der Waals surface area contributed by atoms with Gasteiger partial charge in [-0.25, -0.2) is 0 Å². The van der Waals surface area contributed by atoms with Crippen LogP contribution in [0.2, 0.25) is 0 Å². The Balaban J connectivity index is 2.26. The number of furan rings is 1. The second-order valence-electron chi connectivity index (χ2n) is 6.38. The zero-order valence-electron chi connectivity index (χ0n) is 14.5. The summed E-state index contributed by atoms with van der Waals surface area (Å²) < 4.78 is 11.5. The molecule has 122 valence electrons. The monoisotopic (exact) mass is 296 g/mol. The van der Waals surface area contributed by atoms with Crippen molar-refractivity contribution in [2.75, 3.05) is 13.2 Å². The first-order valence-electron chi connectivity index (χ1n) is 8.04. The number of ether oxygens (including phenoxy) is 1. The first-order valence-corrected chi connectivity index (χ1v) is 8.04. The van der Waals surface area contributed by atoms with Crippen LogP contribution in [0.1, 0.15) is 53.1 Å². The fourth-order valence-electron chi connectivity index (χ4n) is 2.36. The van der Waals surface area contributed by atoms with Gasteiger partial charge in [-0.15, -0.1) is 0 Å². The molecule has 0 aromatic carbocycles. The molecule has 4 heteroatoms. The normalized spacial score (nSPS) is 12.3. The fraction of sp³-hybridized carbons (Fsp3) is 0.765. The van der Waals surface area contributed by atoms with E-state index in [-0.39, 0.29) is 0 Å². The van der Waals surface area contributed by atoms with E-state index in [1.165, 1.54) is 0 Å². The SMILES string of the molecule is CC(C)NCc1ccc(COCCN(C(C)C)C(C)C)o1. The summed E-state index contributed by atoms with van der Waals surface area (Å²) in [5, 5.41) is 3.34. The van der Waals surface area contributed by atoms with Crippen LogP contribution < -0.4 is 5.32 Å². The van der Waals surface area contributed by atoms with E-state index in [4.69, 9.17) is 9.15 Å². The van der Waals surface area contributed by atoms with E-state index in [0.29, 0.717) is 24.7 Å². The Morgan fingerprint density at radius 1 is 1.05 bits per heavy atom. The lowest BCUT2D eigenvalue weighted by Crippen LogP contribution is -2.39. The quantitative estimate of drug-likeness (QED) is 0.671. The Hall–Kier alpha value is -0.840. The Bertz CT molecular complexity index is 378. The smallest absolute Gasteiger partial charge is 0.129 e. The van der Waals surface area contributed by atoms with Gasteiger partial charge < -0.3 is 14.5 Å². The molecular weight excluding hydrogens is 264 g/mol. The second-order valence-corrected chi connectivity index (χ2v) is 6.38. The van der Waals surface area contributed by atoms with Gasteiger partial charge in [0, 0.05) is 24.7 Å². The highest BCUT2D eigenvalue weighted by Gasteiger charge is 2.12. The van der Waals surface area contributed by atoms with E-state index >= 15 is 0 Å². The molecule has 1 aromatic rings. The molecular formula is C17H32N2O2. The lowest BCUT2D eigenvalue weighted by molar-refractivity contribution is 0.0616. The van der Waals surface area contributed by atoms with Crippen LogP contribution in [0.5, 0.6) is 0 Å². The molecule has 21 heavy (non-hydrogen) atoms. The maximum absolute atomic E-state index is 5.73. The van der Waals surface area contributed by atoms with Gasteiger partial charge >= 0.3 is 0 Å². The van der Waals surface area contributed by atoms with Crippen LogP contribution in [0.4, 0.5) is 0 Å². The van der Waals surface area contributed by atoms with Gasteiger partial charge in [0.1, 0.15) is 18.1 Å². The zero-order chi connectivity index (χ0) is 15.8. The molecule has 0 fully saturated rings. The average Bonchev–Trinajstić information content (AvgIpc) is 2.83. The van der Waals surface area contributed by atoms with Gasteiger partial charge in [-0.3, -0.25) is 4.90 Å². The van der Waals surface area contributed by atoms with Crippen molar-refractivity contribution in [1.82, 2.24) is 10.2 Å². The van der Waals surface area contributed by atoms with Crippen LogP contribution >= 0.6 is 0 Å². The Morgan fingerprint density at radius 3 is 2.24 bits per heavy atom. The summed E-state index contributed by atoms with van der Waals surface area (Å²) in [5.74, 6) is 1.87. The van der Waals surface area contributed by atoms with Crippen LogP contribution in [-0.4, -0.2) is 36.2 Å². The number of hydrogen-bond donors (Lipinski definition) is 1. The van der Waals surface area contributed by atoms with Gasteiger partial charge in [0.05, 0.1) is 13.2 Å². The third-order valence-corrected chi connectivity index (χ3v) is 3.47. The first-order chi connectivity index (χ1) is 9.90. The predicted octanol–water partition coefficient (Wildman–Crippen LogP) is 3.41. The van der Waals surface area contributed by atoms with Crippen LogP contribution in [0.15, 0.2) is 16.5 Å². The predicted molar refractivity (Wildman–Crippen MR) is 87.3 cm³/mol. The second kappa shape index (κ2) is 9.23. The molecule has 1 heterocycles. The molecule has 1 aromatic heterocycles. The molecule has 0 atom stereocenters. The van der Waals surface area contributed by atoms with Crippen molar-refractivity contribution in [3.63, 3.8) is 0 Å². The molecule has 0 spiro atoms. The minimum atomic E-state index is 0.466. The lowest BCUT2D eigenvalue weighted by Gasteiger charge is -2.30. The Kier molecular flexibility index (Phi) is 8.01. The maximum atomic E-state index is 5.73. The van der Waals surface area contributed by atoms with Crippen LogP contribution in [0.25, 0.3) is 0 Å². The Labute approximate surface area is 129 Å². The molecule has 0 unspecified atom stereocenters. The fourth-order valence-corrected chi connectivity index (χ4v) is 2.36. The molecule has 0 saturated heterocycles. The van der Waals surface area contributed by atoms with E-state index in [1.807, 2.05) is 12.1 Å². The summed E-state index contributed by atoms with van der Waals surface area (Å²) >= 11 is 0. The summed E-state index contributed by atoms with van der Waals surface area (Å²) in [6, 6.07) is 5.58. The zero-order valence-corrected chi connectivity index (χ0v) is 14.5. The molecule has 0 saturated carbocycles. The number of nitrogens with one attached hydrogen (secondary N) is 1. The van der Waals surface area contributed by atoms with Crippen molar-refractivity contribution in [1.29, 1.82) is 0 Å². The minimum Gasteiger partial charge on any atom is -0.462 e. The topological polar surface area (TPSA) is 37.6 Å². The lowest BCUT2D eigenvalue weighted by atomic mass is 10.2. The minimum absolute atomic E-state index is 0.466. The molecule has 0 radical (unpaired) electrons. The van der Waals surface area contributed by atoms with Gasteiger partial charge in [0.15, 0.2) is 0 Å². The van der Waals surface area contributed by atoms with Crippen LogP contribution in [0.3, 0.4) is 0 Å². The van der Waals surface area contributed by atoms with Crippen molar-refractivity contribution >= 4 is 0 Å². The molecule has 0 aliphatic carbocycles. The van der Waals surface area contributed by atoms with Gasteiger partial charge in [0.25, 0.3) is 0 Å². The largest absolute Gasteiger partial charge is 0.462 e. The number of nitrogens with zero attached hydrogens (tertiary/aromatic N) is 1. The number of rotatable bonds is 10. The highest BCUT2D eigenvalue weighted by molar-refractivity contribution is 5.06. The Morgan fingerprint density at radius 2 is 1.67 bits per heavy atom. The summed E-state index contributed by atoms with van der Waals surface area (Å²) in [4.78, 5) is 2.43. The summed E-state index contributed by atoms with van der Waals surface area (Å²) in [5.41, 5.74) is 0. The van der Waals surface area contributed by atoms with E-state index in [2.05, 4.69) is 51.8 Å². The maximum Gasteiger partial charge on any atom is 0.129 e.